The highest BCUT2D eigenvalue weighted by molar-refractivity contribution is 6.07. The molecule has 2 N–H and O–H groups in total. The smallest absolute Gasteiger partial charge is 0.345 e. The fraction of sp³-hybridized carbons (Fsp3) is 0.105. The normalized spacial score (nSPS) is 14.5. The van der Waals surface area contributed by atoms with Gasteiger partial charge in [-0.05, 0) is 49.4 Å². The monoisotopic (exact) mass is 673 g/mol. The Bertz CT molecular complexity index is 2370. The Kier molecular flexibility index (Phi) is 8.42. The van der Waals surface area contributed by atoms with Crippen LogP contribution in [0.25, 0.3) is 27.9 Å². The minimum atomic E-state index is -1.15. The van der Waals surface area contributed by atoms with Gasteiger partial charge in [-0.1, -0.05) is 54.6 Å². The molecule has 0 fully saturated rings. The highest BCUT2D eigenvalue weighted by Crippen LogP contribution is 2.38. The van der Waals surface area contributed by atoms with E-state index in [9.17, 15) is 23.2 Å². The highest BCUT2D eigenvalue weighted by Gasteiger charge is 2.39. The largest absolute Gasteiger partial charge is 0.495 e. The Morgan fingerprint density at radius 2 is 1.70 bits per heavy atom. The summed E-state index contributed by atoms with van der Waals surface area (Å²) in [4.78, 5) is 43.0. The van der Waals surface area contributed by atoms with Crippen molar-refractivity contribution in [2.24, 2.45) is 0 Å². The number of halogens is 2. The maximum absolute atomic E-state index is 14.8. The maximum atomic E-state index is 14.8. The van der Waals surface area contributed by atoms with Gasteiger partial charge in [0, 0.05) is 34.5 Å². The lowest BCUT2D eigenvalue weighted by atomic mass is 9.92. The van der Waals surface area contributed by atoms with Gasteiger partial charge < -0.3 is 19.8 Å². The second-order valence-corrected chi connectivity index (χ2v) is 11.6. The molecule has 0 saturated carbocycles. The number of carbonyl (C=O) groups excluding carboxylic acids is 2. The van der Waals surface area contributed by atoms with Crippen LogP contribution in [0.3, 0.4) is 0 Å². The highest BCUT2D eigenvalue weighted by atomic mass is 19.1. The molecular weight excluding hydrogens is 644 g/mol. The first-order valence-corrected chi connectivity index (χ1v) is 15.6. The number of rotatable bonds is 8. The summed E-state index contributed by atoms with van der Waals surface area (Å²) in [5, 5.41) is 11.2. The third-order valence-corrected chi connectivity index (χ3v) is 8.51. The summed E-state index contributed by atoms with van der Waals surface area (Å²) in [7, 11) is 1.47. The Morgan fingerprint density at radius 1 is 0.960 bits per heavy atom. The second-order valence-electron chi connectivity index (χ2n) is 11.6. The summed E-state index contributed by atoms with van der Waals surface area (Å²) in [6.07, 6.45) is 1.64. The van der Waals surface area contributed by atoms with Crippen LogP contribution in [0.4, 0.5) is 19.3 Å². The molecule has 4 aromatic carbocycles. The van der Waals surface area contributed by atoms with E-state index in [1.54, 1.807) is 66.3 Å². The summed E-state index contributed by atoms with van der Waals surface area (Å²) >= 11 is 0. The van der Waals surface area contributed by atoms with E-state index in [4.69, 9.17) is 14.3 Å². The number of methoxy groups -OCH3 is 1. The zero-order valence-corrected chi connectivity index (χ0v) is 26.8. The topological polar surface area (TPSA) is 119 Å². The first-order valence-electron chi connectivity index (χ1n) is 15.6. The number of ether oxygens (including phenoxy) is 1. The molecular formula is C38H29F2N5O5. The van der Waals surface area contributed by atoms with Crippen molar-refractivity contribution in [3.8, 4) is 22.7 Å². The van der Waals surface area contributed by atoms with Gasteiger partial charge in [0.25, 0.3) is 5.91 Å². The number of hydrogen-bond acceptors (Lipinski definition) is 6. The molecule has 1 aliphatic rings. The molecule has 3 heterocycles. The Hall–Kier alpha value is -6.56. The first kappa shape index (κ1) is 32.0. The lowest BCUT2D eigenvalue weighted by molar-refractivity contribution is -0.113. The van der Waals surface area contributed by atoms with Crippen molar-refractivity contribution in [1.29, 1.82) is 0 Å². The molecule has 10 nitrogen and oxygen atoms in total. The number of para-hydroxylation sites is 4. The Labute approximate surface area is 284 Å². The van der Waals surface area contributed by atoms with Gasteiger partial charge in [-0.25, -0.2) is 23.1 Å². The average Bonchev–Trinajstić information content (AvgIpc) is 3.56. The van der Waals surface area contributed by atoms with Gasteiger partial charge in [0.15, 0.2) is 0 Å². The quantitative estimate of drug-likeness (QED) is 0.166. The predicted molar refractivity (Wildman–Crippen MR) is 183 cm³/mol. The molecule has 0 saturated heterocycles. The van der Waals surface area contributed by atoms with Crippen molar-refractivity contribution < 1.29 is 27.5 Å². The van der Waals surface area contributed by atoms with Crippen molar-refractivity contribution in [2.45, 2.75) is 19.5 Å². The molecule has 2 aromatic heterocycles. The van der Waals surface area contributed by atoms with E-state index in [2.05, 4.69) is 10.6 Å². The fourth-order valence-electron chi connectivity index (χ4n) is 6.00. The van der Waals surface area contributed by atoms with Crippen LogP contribution < -0.4 is 21.0 Å². The molecule has 250 valence electrons. The van der Waals surface area contributed by atoms with Crippen molar-refractivity contribution in [1.82, 2.24) is 20.0 Å². The fourth-order valence-corrected chi connectivity index (χ4v) is 6.00. The number of fused-ring (bicyclic) bond motifs is 1. The summed E-state index contributed by atoms with van der Waals surface area (Å²) in [6, 6.07) is 25.9. The molecule has 0 aliphatic carbocycles. The number of allylic oxidation sites excluding steroid dienone is 1. The maximum Gasteiger partial charge on any atom is 0.345 e. The van der Waals surface area contributed by atoms with E-state index in [1.807, 2.05) is 36.4 Å². The number of anilines is 1. The Balaban J connectivity index is 1.42. The number of carbonyl (C=O) groups is 2. The van der Waals surface area contributed by atoms with Crippen LogP contribution in [0.1, 0.15) is 24.1 Å². The average molecular weight is 674 g/mol. The van der Waals surface area contributed by atoms with Crippen LogP contribution in [0.2, 0.25) is 0 Å². The summed E-state index contributed by atoms with van der Waals surface area (Å²) < 4.78 is 41.2. The van der Waals surface area contributed by atoms with Gasteiger partial charge in [0.05, 0.1) is 42.2 Å². The van der Waals surface area contributed by atoms with Crippen LogP contribution in [0.5, 0.6) is 5.75 Å². The van der Waals surface area contributed by atoms with Gasteiger partial charge in [0.2, 0.25) is 0 Å². The van der Waals surface area contributed by atoms with E-state index in [1.165, 1.54) is 18.1 Å². The van der Waals surface area contributed by atoms with Crippen molar-refractivity contribution >= 4 is 28.6 Å². The molecule has 0 spiro atoms. The first-order chi connectivity index (χ1) is 24.2. The van der Waals surface area contributed by atoms with Gasteiger partial charge in [-0.15, -0.1) is 0 Å². The molecule has 1 aliphatic heterocycles. The minimum Gasteiger partial charge on any atom is -0.495 e. The summed E-state index contributed by atoms with van der Waals surface area (Å²) in [5.41, 5.74) is 1.65. The molecule has 0 bridgehead atoms. The van der Waals surface area contributed by atoms with Crippen LogP contribution in [-0.4, -0.2) is 33.7 Å². The lowest BCUT2D eigenvalue weighted by Crippen LogP contribution is -2.48. The van der Waals surface area contributed by atoms with Crippen molar-refractivity contribution in [2.75, 3.05) is 12.4 Å². The van der Waals surface area contributed by atoms with E-state index in [0.29, 0.717) is 33.7 Å². The van der Waals surface area contributed by atoms with Gasteiger partial charge in [0.1, 0.15) is 28.7 Å². The van der Waals surface area contributed by atoms with E-state index >= 15 is 0 Å². The SMILES string of the molecule is COc1ccccc1NC(=O)C1=C(C)N(Cc2ccc(F)cc2F)C(=O)NC1c1cn(-c2ccccc2)nc1-c1cc2ccccc2oc1=O. The lowest BCUT2D eigenvalue weighted by Gasteiger charge is -2.35. The number of hydrogen-bond donors (Lipinski definition) is 2. The van der Waals surface area contributed by atoms with Crippen LogP contribution in [0.15, 0.2) is 130 Å². The number of nitrogens with zero attached hydrogens (tertiary/aromatic N) is 3. The Morgan fingerprint density at radius 3 is 2.48 bits per heavy atom. The van der Waals surface area contributed by atoms with E-state index < -0.39 is 35.2 Å². The number of urea groups is 1. The molecule has 6 aromatic rings. The molecule has 0 radical (unpaired) electrons. The van der Waals surface area contributed by atoms with Gasteiger partial charge in [-0.3, -0.25) is 9.69 Å². The van der Waals surface area contributed by atoms with Gasteiger partial charge >= 0.3 is 11.7 Å². The molecule has 7 rings (SSSR count). The third kappa shape index (κ3) is 5.98. The molecule has 3 amide bonds. The van der Waals surface area contributed by atoms with Crippen LogP contribution in [-0.2, 0) is 11.3 Å². The summed E-state index contributed by atoms with van der Waals surface area (Å²) in [5.74, 6) is -1.82. The van der Waals surface area contributed by atoms with Crippen LogP contribution >= 0.6 is 0 Å². The zero-order chi connectivity index (χ0) is 34.9. The summed E-state index contributed by atoms with van der Waals surface area (Å²) in [6.45, 7) is 1.27. The number of nitrogens with one attached hydrogen (secondary N) is 2. The number of aromatic nitrogens is 2. The van der Waals surface area contributed by atoms with E-state index in [-0.39, 0.29) is 34.6 Å². The minimum absolute atomic E-state index is 0.0372. The van der Waals surface area contributed by atoms with Crippen LogP contribution in [0, 0.1) is 11.6 Å². The van der Waals surface area contributed by atoms with E-state index in [0.717, 1.165) is 12.1 Å². The zero-order valence-electron chi connectivity index (χ0n) is 26.8. The molecule has 12 heteroatoms. The molecule has 50 heavy (non-hydrogen) atoms. The van der Waals surface area contributed by atoms with Crippen molar-refractivity contribution in [3.05, 3.63) is 154 Å². The number of benzene rings is 4. The van der Waals surface area contributed by atoms with Crippen molar-refractivity contribution in [3.63, 3.8) is 0 Å². The third-order valence-electron chi connectivity index (χ3n) is 8.51. The molecule has 1 unspecified atom stereocenters. The second kappa shape index (κ2) is 13.2. The standard InChI is InChI=1S/C38H29F2N5O5/c1-22-33(36(46)41-30-13-7-9-15-32(30)49-2)35(42-38(48)44(22)20-24-16-17-25(39)19-29(24)40)28-21-45(26-11-4-3-5-12-26)43-34(28)27-18-23-10-6-8-14-31(23)50-37(27)47/h3-19,21,35H,20H2,1-2H3,(H,41,46)(H,42,48). The molecule has 1 atom stereocenters. The predicted octanol–water partition coefficient (Wildman–Crippen LogP) is 7.11. The number of amides is 3. The van der Waals surface area contributed by atoms with Gasteiger partial charge in [-0.2, -0.15) is 5.10 Å².